The third-order valence-electron chi connectivity index (χ3n) is 0.373. The van der Waals surface area contributed by atoms with Gasteiger partial charge in [0.1, 0.15) is 0 Å². The molecule has 32 valence electrons. The Labute approximate surface area is 47.0 Å². The summed E-state index contributed by atoms with van der Waals surface area (Å²) in [6.07, 6.45) is 0. The molecule has 0 bridgehead atoms. The first-order valence-corrected chi connectivity index (χ1v) is 4.00. The van der Waals surface area contributed by atoms with Crippen molar-refractivity contribution in [1.82, 2.24) is 5.09 Å². The van der Waals surface area contributed by atoms with E-state index < -0.39 is 7.07 Å². The van der Waals surface area contributed by atoms with E-state index in [0.29, 0.717) is 5.11 Å². The molecule has 0 amide bonds. The standard InChI is InChI=1S/CHN2PS2/c5-1-2-4(6)3-1/h(H,2,3,5). The van der Waals surface area contributed by atoms with Crippen LogP contribution >= 0.6 is 19.3 Å². The van der Waals surface area contributed by atoms with Crippen LogP contribution in [0.1, 0.15) is 0 Å². The molecule has 1 rings (SSSR count). The lowest BCUT2D eigenvalue weighted by Crippen LogP contribution is -2.16. The summed E-state index contributed by atoms with van der Waals surface area (Å²) in [4.78, 5) is 0. The molecular formula is CHN2PS2. The van der Waals surface area contributed by atoms with E-state index in [0.717, 1.165) is 0 Å². The van der Waals surface area contributed by atoms with Crippen LogP contribution in [-0.2, 0) is 12.2 Å². The fourth-order valence-corrected chi connectivity index (χ4v) is 1.84. The quantitative estimate of drug-likeness (QED) is 0.304. The van der Waals surface area contributed by atoms with E-state index >= 15 is 0 Å². The highest BCUT2D eigenvalue weighted by Crippen LogP contribution is 2.24. The van der Waals surface area contributed by atoms with Crippen LogP contribution in [0.2, 0.25) is 0 Å². The van der Waals surface area contributed by atoms with Crippen molar-refractivity contribution < 1.29 is 0 Å². The zero-order valence-electron chi connectivity index (χ0n) is 2.71. The SMILES string of the molecule is S=C1N=[P+]([S-])N1. The Bertz CT molecular complexity index is 119. The van der Waals surface area contributed by atoms with Gasteiger partial charge in [0.25, 0.3) is 5.11 Å². The third-order valence-corrected chi connectivity index (χ3v) is 2.16. The number of hydrogen-bond acceptors (Lipinski definition) is 2. The average Bonchev–Trinajstić information content (AvgIpc) is 1.33. The van der Waals surface area contributed by atoms with Gasteiger partial charge in [0.2, 0.25) is 0 Å². The molecule has 2 nitrogen and oxygen atoms in total. The van der Waals surface area contributed by atoms with Crippen molar-refractivity contribution in [1.29, 1.82) is 0 Å². The van der Waals surface area contributed by atoms with E-state index in [4.69, 9.17) is 0 Å². The van der Waals surface area contributed by atoms with Crippen molar-refractivity contribution >= 4 is 36.6 Å². The predicted molar refractivity (Wildman–Crippen MR) is 32.4 cm³/mol. The van der Waals surface area contributed by atoms with Gasteiger partial charge >= 0.3 is 0 Å². The van der Waals surface area contributed by atoms with E-state index in [1.165, 1.54) is 0 Å². The van der Waals surface area contributed by atoms with Crippen LogP contribution < -0.4 is 5.09 Å². The molecule has 0 aromatic heterocycles. The molecule has 0 saturated heterocycles. The normalized spacial score (nSPS) is 24.2. The molecule has 1 heterocycles. The molecule has 0 aliphatic carbocycles. The fourth-order valence-electron chi connectivity index (χ4n) is 0.167. The Balaban J connectivity index is 2.68. The van der Waals surface area contributed by atoms with Gasteiger partial charge in [0, 0.05) is 0 Å². The maximum Gasteiger partial charge on any atom is 0.275 e. The minimum absolute atomic E-state index is 0.566. The lowest BCUT2D eigenvalue weighted by atomic mass is 11.2. The second-order valence-electron chi connectivity index (χ2n) is 0.790. The van der Waals surface area contributed by atoms with Crippen LogP contribution in [0.3, 0.4) is 0 Å². The molecule has 1 unspecified atom stereocenters. The number of rotatable bonds is 0. The second kappa shape index (κ2) is 1.45. The summed E-state index contributed by atoms with van der Waals surface area (Å²) in [6.45, 7) is 0. The highest BCUT2D eigenvalue weighted by Gasteiger charge is 2.11. The van der Waals surface area contributed by atoms with Gasteiger partial charge in [-0.15, -0.1) is 0 Å². The Hall–Kier alpha value is 0.340. The summed E-state index contributed by atoms with van der Waals surface area (Å²) in [6, 6.07) is 0. The average molecular weight is 136 g/mol. The molecule has 0 radical (unpaired) electrons. The second-order valence-corrected chi connectivity index (χ2v) is 3.18. The van der Waals surface area contributed by atoms with E-state index in [2.05, 4.69) is 34.3 Å². The van der Waals surface area contributed by atoms with E-state index in [9.17, 15) is 0 Å². The molecule has 1 N–H and O–H groups in total. The zero-order chi connectivity index (χ0) is 4.57. The predicted octanol–water partition coefficient (Wildman–Crippen LogP) is 0.917. The minimum atomic E-state index is -0.640. The topological polar surface area (TPSA) is 24.4 Å². The third kappa shape index (κ3) is 0.696. The summed E-state index contributed by atoms with van der Waals surface area (Å²) in [5.74, 6) is 0. The van der Waals surface area contributed by atoms with Gasteiger partial charge in [0.05, 0.1) is 0 Å². The summed E-state index contributed by atoms with van der Waals surface area (Å²) in [5, 5.41) is 3.32. The molecule has 0 fully saturated rings. The number of hydrogen-bond donors (Lipinski definition) is 1. The Morgan fingerprint density at radius 1 is 2.00 bits per heavy atom. The highest BCUT2D eigenvalue weighted by molar-refractivity contribution is 8.29. The first-order chi connectivity index (χ1) is 2.79. The molecule has 1 atom stereocenters. The molecule has 0 spiro atoms. The van der Waals surface area contributed by atoms with Crippen molar-refractivity contribution in [3.8, 4) is 0 Å². The summed E-state index contributed by atoms with van der Waals surface area (Å²) < 4.78 is 3.72. The molecule has 1 aliphatic rings. The smallest absolute Gasteiger partial charge is 0.275 e. The van der Waals surface area contributed by atoms with Gasteiger partial charge in [-0.3, -0.25) is 0 Å². The Morgan fingerprint density at radius 2 is 2.50 bits per heavy atom. The summed E-state index contributed by atoms with van der Waals surface area (Å²) in [5.41, 5.74) is 0. The summed E-state index contributed by atoms with van der Waals surface area (Å²) >= 11 is 9.18. The number of nitrogens with one attached hydrogen (secondary N) is 1. The molecule has 6 heavy (non-hydrogen) atoms. The van der Waals surface area contributed by atoms with Gasteiger partial charge in [-0.25, -0.2) is 0 Å². The van der Waals surface area contributed by atoms with E-state index in [-0.39, 0.29) is 0 Å². The van der Waals surface area contributed by atoms with Crippen LogP contribution in [0.4, 0.5) is 0 Å². The first kappa shape index (κ1) is 4.50. The zero-order valence-corrected chi connectivity index (χ0v) is 5.24. The van der Waals surface area contributed by atoms with E-state index in [1.54, 1.807) is 0 Å². The van der Waals surface area contributed by atoms with Gasteiger partial charge in [-0.1, -0.05) is 0 Å². The van der Waals surface area contributed by atoms with Crippen molar-refractivity contribution in [3.63, 3.8) is 0 Å². The van der Waals surface area contributed by atoms with Crippen LogP contribution in [0.15, 0.2) is 4.74 Å². The molecular weight excluding hydrogens is 135 g/mol. The monoisotopic (exact) mass is 136 g/mol. The fraction of sp³-hybridized carbons (Fsp3) is 0. The first-order valence-electron chi connectivity index (χ1n) is 1.28. The molecule has 1 aliphatic heterocycles. The maximum absolute atomic E-state index is 4.64. The van der Waals surface area contributed by atoms with Crippen molar-refractivity contribution in [2.75, 3.05) is 0 Å². The van der Waals surface area contributed by atoms with Crippen LogP contribution in [0, 0.1) is 0 Å². The maximum atomic E-state index is 4.64. The molecule has 0 aromatic rings. The van der Waals surface area contributed by atoms with E-state index in [1.807, 2.05) is 0 Å². The largest absolute Gasteiger partial charge is 0.439 e. The van der Waals surface area contributed by atoms with Crippen molar-refractivity contribution in [2.24, 2.45) is 4.74 Å². The van der Waals surface area contributed by atoms with Crippen molar-refractivity contribution in [2.45, 2.75) is 0 Å². The number of nitrogens with zero attached hydrogens (tertiary/aromatic N) is 1. The van der Waals surface area contributed by atoms with Gasteiger partial charge < -0.3 is 12.2 Å². The van der Waals surface area contributed by atoms with Crippen molar-refractivity contribution in [3.05, 3.63) is 0 Å². The molecule has 0 aromatic carbocycles. The van der Waals surface area contributed by atoms with Gasteiger partial charge in [-0.05, 0) is 17.0 Å². The lowest BCUT2D eigenvalue weighted by Gasteiger charge is -2.03. The minimum Gasteiger partial charge on any atom is -0.439 e. The van der Waals surface area contributed by atoms with Crippen LogP contribution in [-0.4, -0.2) is 5.11 Å². The lowest BCUT2D eigenvalue weighted by molar-refractivity contribution is 1.42. The van der Waals surface area contributed by atoms with Crippen LogP contribution in [0.5, 0.6) is 0 Å². The summed E-state index contributed by atoms with van der Waals surface area (Å²) in [7, 11) is -0.640. The van der Waals surface area contributed by atoms with Gasteiger partial charge in [0.15, 0.2) is 7.07 Å². The Morgan fingerprint density at radius 3 is 2.50 bits per heavy atom. The Kier molecular flexibility index (Phi) is 1.08. The molecule has 0 saturated carbocycles. The molecule has 5 heteroatoms. The highest BCUT2D eigenvalue weighted by atomic mass is 32.7. The number of thiocarbonyl (C=S) groups is 1. The van der Waals surface area contributed by atoms with Crippen LogP contribution in [0.25, 0.3) is 0 Å². The van der Waals surface area contributed by atoms with Gasteiger partial charge in [-0.2, -0.15) is 5.09 Å².